The zero-order valence-electron chi connectivity index (χ0n) is 10.2. The van der Waals surface area contributed by atoms with E-state index in [9.17, 15) is 4.39 Å². The summed E-state index contributed by atoms with van der Waals surface area (Å²) in [4.78, 5) is 0. The van der Waals surface area contributed by atoms with Crippen molar-refractivity contribution in [3.63, 3.8) is 0 Å². The molecule has 0 saturated carbocycles. The molecule has 18 heavy (non-hydrogen) atoms. The summed E-state index contributed by atoms with van der Waals surface area (Å²) in [5.74, 6) is 0.113. The van der Waals surface area contributed by atoms with Crippen LogP contribution in [0.15, 0.2) is 36.4 Å². The van der Waals surface area contributed by atoms with E-state index in [0.717, 1.165) is 5.56 Å². The molecule has 2 nitrogen and oxygen atoms in total. The standard InChI is InChI=1S/C15H12FNO/c1-10-6-7-12(9-17)14(8-10)18-13-5-3-4-11(2)15(13)16/h3-8H,1-2H3. The van der Waals surface area contributed by atoms with Gasteiger partial charge in [0.15, 0.2) is 11.6 Å². The van der Waals surface area contributed by atoms with Crippen molar-refractivity contribution in [1.29, 1.82) is 5.26 Å². The van der Waals surface area contributed by atoms with Gasteiger partial charge in [-0.3, -0.25) is 0 Å². The Hall–Kier alpha value is -2.34. The first kappa shape index (κ1) is 12.1. The van der Waals surface area contributed by atoms with Crippen LogP contribution in [-0.4, -0.2) is 0 Å². The molecule has 0 heterocycles. The molecule has 0 amide bonds. The number of rotatable bonds is 2. The predicted molar refractivity (Wildman–Crippen MR) is 67.1 cm³/mol. The molecule has 0 spiro atoms. The molecule has 2 rings (SSSR count). The number of nitriles is 1. The second-order valence-corrected chi connectivity index (χ2v) is 4.10. The highest BCUT2D eigenvalue weighted by molar-refractivity contribution is 5.47. The SMILES string of the molecule is Cc1ccc(C#N)c(Oc2cccc(C)c2F)c1. The number of nitrogens with zero attached hydrogens (tertiary/aromatic N) is 1. The molecule has 0 atom stereocenters. The quantitative estimate of drug-likeness (QED) is 0.792. The van der Waals surface area contributed by atoms with E-state index in [2.05, 4.69) is 0 Å². The van der Waals surface area contributed by atoms with Crippen LogP contribution < -0.4 is 4.74 Å². The van der Waals surface area contributed by atoms with Crippen LogP contribution in [0.2, 0.25) is 0 Å². The number of ether oxygens (including phenoxy) is 1. The van der Waals surface area contributed by atoms with Crippen molar-refractivity contribution in [2.24, 2.45) is 0 Å². The second kappa shape index (κ2) is 4.89. The van der Waals surface area contributed by atoms with E-state index in [1.807, 2.05) is 19.1 Å². The fourth-order valence-corrected chi connectivity index (χ4v) is 1.62. The fraction of sp³-hybridized carbons (Fsp3) is 0.133. The van der Waals surface area contributed by atoms with E-state index < -0.39 is 5.82 Å². The van der Waals surface area contributed by atoms with Crippen LogP contribution >= 0.6 is 0 Å². The Bertz CT molecular complexity index is 629. The van der Waals surface area contributed by atoms with Gasteiger partial charge >= 0.3 is 0 Å². The van der Waals surface area contributed by atoms with Crippen LogP contribution in [0.25, 0.3) is 0 Å². The number of halogens is 1. The first-order valence-electron chi connectivity index (χ1n) is 5.55. The van der Waals surface area contributed by atoms with Crippen LogP contribution in [0, 0.1) is 31.0 Å². The van der Waals surface area contributed by atoms with Gasteiger partial charge in [-0.05, 0) is 43.2 Å². The first-order valence-corrected chi connectivity index (χ1v) is 5.55. The summed E-state index contributed by atoms with van der Waals surface area (Å²) in [7, 11) is 0. The molecule has 2 aromatic rings. The third-order valence-electron chi connectivity index (χ3n) is 2.63. The lowest BCUT2D eigenvalue weighted by molar-refractivity contribution is 0.438. The molecule has 0 unspecified atom stereocenters. The third-order valence-corrected chi connectivity index (χ3v) is 2.63. The molecule has 0 aliphatic heterocycles. The Balaban J connectivity index is 2.43. The van der Waals surface area contributed by atoms with E-state index in [-0.39, 0.29) is 5.75 Å². The summed E-state index contributed by atoms with van der Waals surface area (Å²) in [6, 6.07) is 12.2. The van der Waals surface area contributed by atoms with Crippen molar-refractivity contribution in [2.45, 2.75) is 13.8 Å². The molecule has 3 heteroatoms. The minimum Gasteiger partial charge on any atom is -0.453 e. The number of aryl methyl sites for hydroxylation is 2. The average Bonchev–Trinajstić information content (AvgIpc) is 2.35. The molecular formula is C15H12FNO. The normalized spacial score (nSPS) is 9.89. The van der Waals surface area contributed by atoms with Crippen LogP contribution in [-0.2, 0) is 0 Å². The van der Waals surface area contributed by atoms with Gasteiger partial charge in [0.1, 0.15) is 11.8 Å². The molecule has 0 fully saturated rings. The van der Waals surface area contributed by atoms with Crippen molar-refractivity contribution in [3.8, 4) is 17.6 Å². The number of hydrogen-bond donors (Lipinski definition) is 0. The third kappa shape index (κ3) is 2.33. The van der Waals surface area contributed by atoms with Gasteiger partial charge in [0.05, 0.1) is 5.56 Å². The van der Waals surface area contributed by atoms with E-state index in [0.29, 0.717) is 16.9 Å². The van der Waals surface area contributed by atoms with Crippen molar-refractivity contribution in [3.05, 3.63) is 58.9 Å². The Morgan fingerprint density at radius 3 is 2.61 bits per heavy atom. The summed E-state index contributed by atoms with van der Waals surface area (Å²) in [5.41, 5.74) is 1.86. The Kier molecular flexibility index (Phi) is 3.29. The maximum Gasteiger partial charge on any atom is 0.168 e. The lowest BCUT2D eigenvalue weighted by Gasteiger charge is -2.10. The van der Waals surface area contributed by atoms with Gasteiger partial charge in [-0.15, -0.1) is 0 Å². The number of hydrogen-bond acceptors (Lipinski definition) is 2. The maximum atomic E-state index is 13.8. The maximum absolute atomic E-state index is 13.8. The second-order valence-electron chi connectivity index (χ2n) is 4.10. The highest BCUT2D eigenvalue weighted by Gasteiger charge is 2.10. The van der Waals surface area contributed by atoms with Gasteiger partial charge in [-0.1, -0.05) is 18.2 Å². The first-order chi connectivity index (χ1) is 8.61. The van der Waals surface area contributed by atoms with Crippen molar-refractivity contribution in [1.82, 2.24) is 0 Å². The summed E-state index contributed by atoms with van der Waals surface area (Å²) >= 11 is 0. The number of benzene rings is 2. The zero-order chi connectivity index (χ0) is 13.1. The zero-order valence-corrected chi connectivity index (χ0v) is 10.2. The van der Waals surface area contributed by atoms with E-state index in [4.69, 9.17) is 10.00 Å². The largest absolute Gasteiger partial charge is 0.453 e. The Morgan fingerprint density at radius 2 is 1.89 bits per heavy atom. The molecule has 0 radical (unpaired) electrons. The van der Waals surface area contributed by atoms with E-state index in [1.165, 1.54) is 0 Å². The van der Waals surface area contributed by atoms with Gasteiger partial charge in [0, 0.05) is 0 Å². The van der Waals surface area contributed by atoms with Crippen LogP contribution in [0.4, 0.5) is 4.39 Å². The van der Waals surface area contributed by atoms with E-state index in [1.54, 1.807) is 37.3 Å². The Labute approximate surface area is 105 Å². The molecule has 0 N–H and O–H groups in total. The molecule has 0 bridgehead atoms. The van der Waals surface area contributed by atoms with E-state index >= 15 is 0 Å². The summed E-state index contributed by atoms with van der Waals surface area (Å²) in [5, 5.41) is 8.99. The lowest BCUT2D eigenvalue weighted by Crippen LogP contribution is -1.93. The van der Waals surface area contributed by atoms with Gasteiger partial charge < -0.3 is 4.74 Å². The fourth-order valence-electron chi connectivity index (χ4n) is 1.62. The molecule has 0 aliphatic carbocycles. The minimum absolute atomic E-state index is 0.136. The molecule has 0 aromatic heterocycles. The molecular weight excluding hydrogens is 229 g/mol. The van der Waals surface area contributed by atoms with Gasteiger partial charge in [0.2, 0.25) is 0 Å². The Morgan fingerprint density at radius 1 is 1.11 bits per heavy atom. The molecule has 2 aromatic carbocycles. The monoisotopic (exact) mass is 241 g/mol. The van der Waals surface area contributed by atoms with Crippen LogP contribution in [0.1, 0.15) is 16.7 Å². The summed E-state index contributed by atoms with van der Waals surface area (Å²) in [6.07, 6.45) is 0. The predicted octanol–water partition coefficient (Wildman–Crippen LogP) is 4.11. The van der Waals surface area contributed by atoms with Gasteiger partial charge in [0.25, 0.3) is 0 Å². The summed E-state index contributed by atoms with van der Waals surface area (Å²) in [6.45, 7) is 3.56. The van der Waals surface area contributed by atoms with Gasteiger partial charge in [-0.25, -0.2) is 4.39 Å². The highest BCUT2D eigenvalue weighted by Crippen LogP contribution is 2.29. The highest BCUT2D eigenvalue weighted by atomic mass is 19.1. The van der Waals surface area contributed by atoms with Gasteiger partial charge in [-0.2, -0.15) is 5.26 Å². The lowest BCUT2D eigenvalue weighted by atomic mass is 10.1. The molecule has 0 saturated heterocycles. The van der Waals surface area contributed by atoms with Crippen molar-refractivity contribution >= 4 is 0 Å². The smallest absolute Gasteiger partial charge is 0.168 e. The molecule has 0 aliphatic rings. The van der Waals surface area contributed by atoms with Crippen molar-refractivity contribution in [2.75, 3.05) is 0 Å². The molecule has 90 valence electrons. The topological polar surface area (TPSA) is 33.0 Å². The van der Waals surface area contributed by atoms with Crippen LogP contribution in [0.5, 0.6) is 11.5 Å². The minimum atomic E-state index is -0.400. The summed E-state index contributed by atoms with van der Waals surface area (Å²) < 4.78 is 19.3. The average molecular weight is 241 g/mol. The van der Waals surface area contributed by atoms with Crippen LogP contribution in [0.3, 0.4) is 0 Å². The van der Waals surface area contributed by atoms with Crippen molar-refractivity contribution < 1.29 is 9.13 Å².